The average Bonchev–Trinajstić information content (AvgIpc) is 3.81. The first-order valence-electron chi connectivity index (χ1n) is 19.1. The Morgan fingerprint density at radius 1 is 0.957 bits per heavy atom. The van der Waals surface area contributed by atoms with Crippen LogP contribution in [0.4, 0.5) is 0 Å². The van der Waals surface area contributed by atoms with Gasteiger partial charge in [-0.25, -0.2) is 0 Å². The maximum Gasteiger partial charge on any atom is 0.222 e. The summed E-state index contributed by atoms with van der Waals surface area (Å²) < 4.78 is 6.83. The molecule has 0 unspecified atom stereocenters. The average molecular weight is 643 g/mol. The summed E-state index contributed by atoms with van der Waals surface area (Å²) in [5.41, 5.74) is 2.21. The molecule has 47 heavy (non-hydrogen) atoms. The van der Waals surface area contributed by atoms with Crippen molar-refractivity contribution in [3.05, 3.63) is 59.2 Å². The Morgan fingerprint density at radius 2 is 1.68 bits per heavy atom. The third-order valence-corrected chi connectivity index (χ3v) is 12.5. The monoisotopic (exact) mass is 642 g/mol. The molecule has 2 saturated carbocycles. The number of aromatic hydroxyl groups is 1. The van der Waals surface area contributed by atoms with E-state index >= 15 is 0 Å². The summed E-state index contributed by atoms with van der Waals surface area (Å²) in [6.07, 6.45) is 16.6. The van der Waals surface area contributed by atoms with Crippen molar-refractivity contribution < 1.29 is 19.7 Å². The van der Waals surface area contributed by atoms with E-state index in [0.717, 1.165) is 56.7 Å². The van der Waals surface area contributed by atoms with E-state index in [-0.39, 0.29) is 29.8 Å². The number of carbonyl (C=O) groups is 1. The molecule has 3 aliphatic carbocycles. The standard InChI is InChI=1S/C41H58N2O4/c1-29(2)27-43(36(45)17-13-8-6-4-3-5-7-10-14-30-15-11-9-12-16-30)33-22-23-41(46)35-26-32-20-21-34(44)38-37(32)40(41,39(33)47-38)24-25-42(35)28-31-18-19-31/h9,11-12,15-16,20-21,29,31,33,35,39,44,46H,3-8,10,13-14,17-19,22-28H2,1-2H3/t33-,35-,39+,40+,41-/m1/s1. The number of amides is 1. The molecule has 2 heterocycles. The lowest BCUT2D eigenvalue weighted by Gasteiger charge is -2.65. The summed E-state index contributed by atoms with van der Waals surface area (Å²) in [7, 11) is 0. The largest absolute Gasteiger partial charge is 0.504 e. The van der Waals surface area contributed by atoms with Gasteiger partial charge in [-0.05, 0) is 93.4 Å². The lowest BCUT2D eigenvalue weighted by molar-refractivity contribution is -0.202. The predicted molar refractivity (Wildman–Crippen MR) is 187 cm³/mol. The molecule has 5 aliphatic rings. The molecule has 0 aromatic heterocycles. The van der Waals surface area contributed by atoms with Gasteiger partial charge >= 0.3 is 0 Å². The molecule has 3 fully saturated rings. The number of carbonyl (C=O) groups excluding carboxylic acids is 1. The van der Waals surface area contributed by atoms with E-state index in [1.807, 2.05) is 0 Å². The van der Waals surface area contributed by atoms with Crippen LogP contribution in [0.2, 0.25) is 0 Å². The molecule has 2 aliphatic heterocycles. The van der Waals surface area contributed by atoms with Crippen molar-refractivity contribution in [1.82, 2.24) is 9.80 Å². The van der Waals surface area contributed by atoms with E-state index in [0.29, 0.717) is 31.1 Å². The quantitative estimate of drug-likeness (QED) is 0.185. The molecule has 1 spiro atoms. The number of ether oxygens (including phenoxy) is 1. The number of benzene rings is 2. The van der Waals surface area contributed by atoms with Crippen LogP contribution in [0.15, 0.2) is 42.5 Å². The Balaban J connectivity index is 0.982. The zero-order valence-corrected chi connectivity index (χ0v) is 29.0. The van der Waals surface area contributed by atoms with Crippen molar-refractivity contribution in [1.29, 1.82) is 0 Å². The van der Waals surface area contributed by atoms with E-state index in [4.69, 9.17) is 4.74 Å². The van der Waals surface area contributed by atoms with Crippen LogP contribution in [-0.2, 0) is 23.1 Å². The zero-order chi connectivity index (χ0) is 32.6. The summed E-state index contributed by atoms with van der Waals surface area (Å²) in [6.45, 7) is 7.10. The lowest BCUT2D eigenvalue weighted by atomic mass is 9.48. The highest BCUT2D eigenvalue weighted by Crippen LogP contribution is 2.66. The van der Waals surface area contributed by atoms with Gasteiger partial charge in [0, 0.05) is 31.1 Å². The first kappa shape index (κ1) is 33.0. The number of piperidine rings is 1. The van der Waals surface area contributed by atoms with Gasteiger partial charge in [0.25, 0.3) is 0 Å². The van der Waals surface area contributed by atoms with Crippen LogP contribution in [0.1, 0.15) is 120 Å². The fourth-order valence-corrected chi connectivity index (χ4v) is 10.0. The zero-order valence-electron chi connectivity index (χ0n) is 29.0. The molecular weight excluding hydrogens is 584 g/mol. The van der Waals surface area contributed by atoms with Crippen LogP contribution in [0, 0.1) is 11.8 Å². The molecule has 1 amide bonds. The van der Waals surface area contributed by atoms with E-state index in [1.165, 1.54) is 68.9 Å². The minimum absolute atomic E-state index is 0.0602. The molecule has 2 aromatic carbocycles. The fraction of sp³-hybridized carbons (Fsp3) is 0.683. The smallest absolute Gasteiger partial charge is 0.222 e. The van der Waals surface area contributed by atoms with Crippen LogP contribution in [-0.4, -0.2) is 69.3 Å². The number of likely N-dealkylation sites (tertiary alicyclic amines) is 1. The Bertz CT molecular complexity index is 1390. The molecule has 6 nitrogen and oxygen atoms in total. The Kier molecular flexibility index (Phi) is 9.63. The van der Waals surface area contributed by atoms with Gasteiger partial charge in [-0.1, -0.05) is 88.8 Å². The molecule has 256 valence electrons. The number of hydrogen-bond acceptors (Lipinski definition) is 5. The highest BCUT2D eigenvalue weighted by molar-refractivity contribution is 5.77. The van der Waals surface area contributed by atoms with Gasteiger partial charge in [0.15, 0.2) is 11.5 Å². The van der Waals surface area contributed by atoms with E-state index in [9.17, 15) is 15.0 Å². The van der Waals surface area contributed by atoms with Crippen LogP contribution < -0.4 is 4.74 Å². The van der Waals surface area contributed by atoms with E-state index < -0.39 is 11.0 Å². The van der Waals surface area contributed by atoms with E-state index in [2.05, 4.69) is 60.0 Å². The Morgan fingerprint density at radius 3 is 2.40 bits per heavy atom. The first-order chi connectivity index (χ1) is 22.8. The van der Waals surface area contributed by atoms with Crippen LogP contribution >= 0.6 is 0 Å². The predicted octanol–water partition coefficient (Wildman–Crippen LogP) is 7.56. The van der Waals surface area contributed by atoms with Crippen molar-refractivity contribution in [2.45, 2.75) is 146 Å². The minimum atomic E-state index is -0.915. The number of hydrogen-bond donors (Lipinski definition) is 2. The number of nitrogens with zero attached hydrogens (tertiary/aromatic N) is 2. The molecule has 2 N–H and O–H groups in total. The number of rotatable bonds is 16. The minimum Gasteiger partial charge on any atom is -0.504 e. The third kappa shape index (κ3) is 6.23. The number of aliphatic hydroxyl groups is 1. The SMILES string of the molecule is CC(C)CN(C(=O)CCCCCCCCCCc1ccccc1)[C@@H]1CC[C@@]2(O)[C@H]3Cc4ccc(O)c5c4[C@@]2(CCN3CC2CC2)[C@H]1O5. The summed E-state index contributed by atoms with van der Waals surface area (Å²) >= 11 is 0. The molecule has 2 bridgehead atoms. The maximum atomic E-state index is 14.1. The first-order valence-corrected chi connectivity index (χ1v) is 19.1. The van der Waals surface area contributed by atoms with Crippen molar-refractivity contribution in [3.8, 4) is 11.5 Å². The van der Waals surface area contributed by atoms with Gasteiger partial charge < -0.3 is 19.8 Å². The maximum absolute atomic E-state index is 14.1. The number of phenolic OH excluding ortho intramolecular Hbond substituents is 1. The van der Waals surface area contributed by atoms with Crippen molar-refractivity contribution >= 4 is 5.91 Å². The number of unbranched alkanes of at least 4 members (excludes halogenated alkanes) is 7. The molecule has 5 atom stereocenters. The second-order valence-electron chi connectivity index (χ2n) is 16.2. The van der Waals surface area contributed by atoms with Crippen molar-refractivity contribution in [3.63, 3.8) is 0 Å². The number of phenols is 1. The van der Waals surface area contributed by atoms with Crippen LogP contribution in [0.5, 0.6) is 11.5 Å². The van der Waals surface area contributed by atoms with Crippen molar-refractivity contribution in [2.75, 3.05) is 19.6 Å². The molecule has 6 heteroatoms. The summed E-state index contributed by atoms with van der Waals surface area (Å²) in [6, 6.07) is 14.6. The van der Waals surface area contributed by atoms with Gasteiger partial charge in [0.1, 0.15) is 6.10 Å². The van der Waals surface area contributed by atoms with Crippen LogP contribution in [0.3, 0.4) is 0 Å². The fourth-order valence-electron chi connectivity index (χ4n) is 10.0. The summed E-state index contributed by atoms with van der Waals surface area (Å²) in [5.74, 6) is 2.08. The number of aryl methyl sites for hydroxylation is 1. The van der Waals surface area contributed by atoms with Crippen LogP contribution in [0.25, 0.3) is 0 Å². The lowest BCUT2D eigenvalue weighted by Crippen LogP contribution is -2.78. The van der Waals surface area contributed by atoms with Gasteiger partial charge in [-0.15, -0.1) is 0 Å². The second-order valence-corrected chi connectivity index (χ2v) is 16.2. The Hall–Kier alpha value is -2.57. The Labute approximate surface area is 282 Å². The molecular formula is C41H58N2O4. The summed E-state index contributed by atoms with van der Waals surface area (Å²) in [5, 5.41) is 23.9. The third-order valence-electron chi connectivity index (χ3n) is 12.5. The van der Waals surface area contributed by atoms with Gasteiger partial charge in [-0.3, -0.25) is 9.69 Å². The highest BCUT2D eigenvalue weighted by Gasteiger charge is 2.73. The van der Waals surface area contributed by atoms with Gasteiger partial charge in [-0.2, -0.15) is 0 Å². The van der Waals surface area contributed by atoms with Crippen molar-refractivity contribution in [2.24, 2.45) is 11.8 Å². The topological polar surface area (TPSA) is 73.2 Å². The molecule has 1 saturated heterocycles. The second kappa shape index (κ2) is 13.7. The molecule has 0 radical (unpaired) electrons. The normalized spacial score (nSPS) is 29.1. The molecule has 2 aromatic rings. The van der Waals surface area contributed by atoms with E-state index in [1.54, 1.807) is 6.07 Å². The molecule has 7 rings (SSSR count). The summed E-state index contributed by atoms with van der Waals surface area (Å²) in [4.78, 5) is 18.8. The highest BCUT2D eigenvalue weighted by atomic mass is 16.5. The van der Waals surface area contributed by atoms with Gasteiger partial charge in [0.05, 0.1) is 17.1 Å². The van der Waals surface area contributed by atoms with Gasteiger partial charge in [0.2, 0.25) is 5.91 Å².